The van der Waals surface area contributed by atoms with E-state index in [2.05, 4.69) is 38.1 Å². The van der Waals surface area contributed by atoms with Gasteiger partial charge in [-0.05, 0) is 42.2 Å². The number of rotatable bonds is 6. The molecule has 1 fully saturated rings. The van der Waals surface area contributed by atoms with Crippen molar-refractivity contribution in [3.8, 4) is 0 Å². The zero-order valence-electron chi connectivity index (χ0n) is 13.1. The number of aryl methyl sites for hydroxylation is 1. The van der Waals surface area contributed by atoms with E-state index in [0.29, 0.717) is 5.92 Å². The van der Waals surface area contributed by atoms with Crippen molar-refractivity contribution < 1.29 is 5.11 Å². The van der Waals surface area contributed by atoms with Gasteiger partial charge in [-0.25, -0.2) is 0 Å². The van der Waals surface area contributed by atoms with Gasteiger partial charge in [0.05, 0.1) is 6.10 Å². The lowest BCUT2D eigenvalue weighted by Crippen LogP contribution is -2.20. The first kappa shape index (κ1) is 15.6. The van der Waals surface area contributed by atoms with Crippen molar-refractivity contribution in [3.63, 3.8) is 0 Å². The Balaban J connectivity index is 1.85. The molecule has 2 rings (SSSR count). The minimum atomic E-state index is -0.256. The zero-order chi connectivity index (χ0) is 14.4. The monoisotopic (exact) mass is 274 g/mol. The summed E-state index contributed by atoms with van der Waals surface area (Å²) in [6.45, 7) is 4.44. The second-order valence-corrected chi connectivity index (χ2v) is 6.46. The van der Waals surface area contributed by atoms with Crippen molar-refractivity contribution in [2.75, 3.05) is 0 Å². The maximum atomic E-state index is 10.6. The number of aliphatic hydroxyl groups is 1. The standard InChI is InChI=1S/C19H30O/c1-3-5-6-16-9-13-18(14-10-16)19(20)17-11-7-15(4-2)8-12-17/h7-8,11-12,16,18-20H,3-6,9-10,13-14H2,1-2H3. The summed E-state index contributed by atoms with van der Waals surface area (Å²) in [5, 5.41) is 10.6. The average molecular weight is 274 g/mol. The molecule has 0 heterocycles. The van der Waals surface area contributed by atoms with E-state index in [1.807, 2.05) is 0 Å². The normalized spacial score (nSPS) is 24.6. The third-order valence-corrected chi connectivity index (χ3v) is 5.03. The molecule has 1 unspecified atom stereocenters. The van der Waals surface area contributed by atoms with Crippen molar-refractivity contribution in [3.05, 3.63) is 35.4 Å². The van der Waals surface area contributed by atoms with Gasteiger partial charge >= 0.3 is 0 Å². The molecule has 1 atom stereocenters. The SMILES string of the molecule is CCCCC1CCC(C(O)c2ccc(CC)cc2)CC1. The Morgan fingerprint density at radius 1 is 1.05 bits per heavy atom. The first-order valence-corrected chi connectivity index (χ1v) is 8.51. The molecule has 1 aromatic carbocycles. The fourth-order valence-electron chi connectivity index (χ4n) is 3.51. The van der Waals surface area contributed by atoms with E-state index in [1.165, 1.54) is 50.5 Å². The van der Waals surface area contributed by atoms with Crippen LogP contribution in [0.4, 0.5) is 0 Å². The molecule has 1 nitrogen and oxygen atoms in total. The van der Waals surface area contributed by atoms with Crippen LogP contribution >= 0.6 is 0 Å². The Hall–Kier alpha value is -0.820. The predicted molar refractivity (Wildman–Crippen MR) is 85.8 cm³/mol. The highest BCUT2D eigenvalue weighted by atomic mass is 16.3. The summed E-state index contributed by atoms with van der Waals surface area (Å²) >= 11 is 0. The fraction of sp³-hybridized carbons (Fsp3) is 0.684. The lowest BCUT2D eigenvalue weighted by atomic mass is 9.76. The van der Waals surface area contributed by atoms with Gasteiger partial charge in [-0.15, -0.1) is 0 Å². The van der Waals surface area contributed by atoms with Crippen LogP contribution in [0.5, 0.6) is 0 Å². The topological polar surface area (TPSA) is 20.2 Å². The van der Waals surface area contributed by atoms with E-state index in [4.69, 9.17) is 0 Å². The van der Waals surface area contributed by atoms with E-state index < -0.39 is 0 Å². The Kier molecular flexibility index (Phi) is 6.09. The van der Waals surface area contributed by atoms with Crippen molar-refractivity contribution in [1.82, 2.24) is 0 Å². The van der Waals surface area contributed by atoms with Crippen molar-refractivity contribution in [2.45, 2.75) is 71.3 Å². The molecule has 112 valence electrons. The summed E-state index contributed by atoms with van der Waals surface area (Å²) < 4.78 is 0. The summed E-state index contributed by atoms with van der Waals surface area (Å²) in [6, 6.07) is 8.55. The molecule has 1 heteroatoms. The molecule has 1 N–H and O–H groups in total. The van der Waals surface area contributed by atoms with E-state index in [1.54, 1.807) is 0 Å². The van der Waals surface area contributed by atoms with Crippen molar-refractivity contribution in [1.29, 1.82) is 0 Å². The predicted octanol–water partition coefficient (Wildman–Crippen LogP) is 5.28. The second-order valence-electron chi connectivity index (χ2n) is 6.46. The van der Waals surface area contributed by atoms with Crippen LogP contribution in [0.15, 0.2) is 24.3 Å². The lowest BCUT2D eigenvalue weighted by Gasteiger charge is -2.31. The van der Waals surface area contributed by atoms with Gasteiger partial charge in [0, 0.05) is 0 Å². The number of unbranched alkanes of at least 4 members (excludes halogenated alkanes) is 1. The summed E-state index contributed by atoms with van der Waals surface area (Å²) in [5.41, 5.74) is 2.46. The highest BCUT2D eigenvalue weighted by Gasteiger charge is 2.26. The molecule has 0 radical (unpaired) electrons. The number of aliphatic hydroxyl groups excluding tert-OH is 1. The van der Waals surface area contributed by atoms with Gasteiger partial charge in [0.25, 0.3) is 0 Å². The Bertz CT molecular complexity index is 373. The Morgan fingerprint density at radius 2 is 1.70 bits per heavy atom. The number of benzene rings is 1. The van der Waals surface area contributed by atoms with Crippen LogP contribution in [0.3, 0.4) is 0 Å². The molecule has 1 aromatic rings. The highest BCUT2D eigenvalue weighted by Crippen LogP contribution is 2.38. The van der Waals surface area contributed by atoms with Gasteiger partial charge in [0.15, 0.2) is 0 Å². The molecule has 20 heavy (non-hydrogen) atoms. The van der Waals surface area contributed by atoms with Crippen LogP contribution in [-0.4, -0.2) is 5.11 Å². The maximum absolute atomic E-state index is 10.6. The van der Waals surface area contributed by atoms with Gasteiger partial charge < -0.3 is 5.11 Å². The number of hydrogen-bond acceptors (Lipinski definition) is 1. The third kappa shape index (κ3) is 4.09. The largest absolute Gasteiger partial charge is 0.388 e. The number of hydrogen-bond donors (Lipinski definition) is 1. The van der Waals surface area contributed by atoms with E-state index in [9.17, 15) is 5.11 Å². The first-order chi connectivity index (χ1) is 9.74. The minimum absolute atomic E-state index is 0.256. The smallest absolute Gasteiger partial charge is 0.0818 e. The minimum Gasteiger partial charge on any atom is -0.388 e. The summed E-state index contributed by atoms with van der Waals surface area (Å²) in [5.74, 6) is 1.39. The van der Waals surface area contributed by atoms with Crippen LogP contribution in [0, 0.1) is 11.8 Å². The molecule has 1 aliphatic rings. The molecule has 0 spiro atoms. The highest BCUT2D eigenvalue weighted by molar-refractivity contribution is 5.24. The van der Waals surface area contributed by atoms with Gasteiger partial charge in [0.2, 0.25) is 0 Å². The summed E-state index contributed by atoms with van der Waals surface area (Å²) in [6.07, 6.45) is 9.92. The summed E-state index contributed by atoms with van der Waals surface area (Å²) in [7, 11) is 0. The van der Waals surface area contributed by atoms with Gasteiger partial charge in [-0.3, -0.25) is 0 Å². The summed E-state index contributed by atoms with van der Waals surface area (Å²) in [4.78, 5) is 0. The molecule has 0 aliphatic heterocycles. The molecule has 1 aliphatic carbocycles. The first-order valence-electron chi connectivity index (χ1n) is 8.51. The van der Waals surface area contributed by atoms with Crippen molar-refractivity contribution >= 4 is 0 Å². The van der Waals surface area contributed by atoms with Crippen molar-refractivity contribution in [2.24, 2.45) is 11.8 Å². The van der Waals surface area contributed by atoms with Crippen LogP contribution < -0.4 is 0 Å². The third-order valence-electron chi connectivity index (χ3n) is 5.03. The lowest BCUT2D eigenvalue weighted by molar-refractivity contribution is 0.0720. The van der Waals surface area contributed by atoms with E-state index in [0.717, 1.165) is 17.9 Å². The van der Waals surface area contributed by atoms with Crippen LogP contribution in [0.2, 0.25) is 0 Å². The average Bonchev–Trinajstić information content (AvgIpc) is 2.53. The van der Waals surface area contributed by atoms with Gasteiger partial charge in [-0.2, -0.15) is 0 Å². The molecule has 0 amide bonds. The molecular formula is C19H30O. The second kappa shape index (κ2) is 7.83. The molecular weight excluding hydrogens is 244 g/mol. The molecule has 0 saturated heterocycles. The van der Waals surface area contributed by atoms with Crippen LogP contribution in [-0.2, 0) is 6.42 Å². The van der Waals surface area contributed by atoms with Crippen LogP contribution in [0.25, 0.3) is 0 Å². The van der Waals surface area contributed by atoms with E-state index >= 15 is 0 Å². The van der Waals surface area contributed by atoms with Crippen LogP contribution in [0.1, 0.15) is 76.0 Å². The van der Waals surface area contributed by atoms with E-state index in [-0.39, 0.29) is 6.10 Å². The quantitative estimate of drug-likeness (QED) is 0.748. The van der Waals surface area contributed by atoms with Gasteiger partial charge in [0.1, 0.15) is 0 Å². The molecule has 1 saturated carbocycles. The Labute approximate surface area is 124 Å². The molecule has 0 bridgehead atoms. The fourth-order valence-corrected chi connectivity index (χ4v) is 3.51. The zero-order valence-corrected chi connectivity index (χ0v) is 13.1. The Morgan fingerprint density at radius 3 is 2.25 bits per heavy atom. The maximum Gasteiger partial charge on any atom is 0.0818 e. The van der Waals surface area contributed by atoms with Gasteiger partial charge in [-0.1, -0.05) is 70.2 Å². The molecule has 0 aromatic heterocycles.